The fraction of sp³-hybridized carbons (Fsp3) is 0.778. The molecule has 136 valence electrons. The summed E-state index contributed by atoms with van der Waals surface area (Å²) in [7, 11) is -1.55. The van der Waals surface area contributed by atoms with E-state index in [-0.39, 0.29) is 11.1 Å². The van der Waals surface area contributed by atoms with Crippen LogP contribution in [0.5, 0.6) is 0 Å². The third kappa shape index (κ3) is 10.9. The Bertz CT molecular complexity index is 377. The first-order valence-corrected chi connectivity index (χ1v) is 14.9. The fourth-order valence-electron chi connectivity index (χ4n) is 1.68. The van der Waals surface area contributed by atoms with Crippen molar-refractivity contribution in [2.45, 2.75) is 77.5 Å². The van der Waals surface area contributed by atoms with Gasteiger partial charge >= 0.3 is 0 Å². The lowest BCUT2D eigenvalue weighted by molar-refractivity contribution is 0.214. The van der Waals surface area contributed by atoms with E-state index in [1.807, 2.05) is 0 Å². The van der Waals surface area contributed by atoms with E-state index in [1.165, 1.54) is 0 Å². The molecule has 23 heavy (non-hydrogen) atoms. The molecule has 0 radical (unpaired) electrons. The van der Waals surface area contributed by atoms with Crippen LogP contribution in [-0.4, -0.2) is 36.5 Å². The zero-order chi connectivity index (χ0) is 18.1. The molecule has 1 unspecified atom stereocenters. The molecule has 0 aliphatic rings. The van der Waals surface area contributed by atoms with E-state index in [0.29, 0.717) is 6.61 Å². The number of ether oxygens (including phenoxy) is 1. The average molecular weight is 359 g/mol. The van der Waals surface area contributed by atoms with Crippen molar-refractivity contribution in [2.75, 3.05) is 13.7 Å². The normalized spacial score (nSPS) is 15.5. The highest BCUT2D eigenvalue weighted by Crippen LogP contribution is 2.37. The Balaban J connectivity index is 4.74. The third-order valence-electron chi connectivity index (χ3n) is 4.07. The van der Waals surface area contributed by atoms with Gasteiger partial charge in [0.2, 0.25) is 0 Å². The molecule has 0 fully saturated rings. The number of rotatable bonds is 10. The number of allylic oxidation sites excluding steroid dienone is 1. The molecule has 0 N–H and O–H groups in total. The molecule has 0 aliphatic heterocycles. The predicted molar refractivity (Wildman–Crippen MR) is 106 cm³/mol. The van der Waals surface area contributed by atoms with Crippen molar-refractivity contribution in [3.63, 3.8) is 0 Å². The summed E-state index contributed by atoms with van der Waals surface area (Å²) in [5, 5.41) is 0.219. The van der Waals surface area contributed by atoms with Crippen LogP contribution in [0.25, 0.3) is 0 Å². The minimum Gasteiger partial charge on any atom is -0.505 e. The van der Waals surface area contributed by atoms with Crippen LogP contribution < -0.4 is 0 Å². The van der Waals surface area contributed by atoms with Crippen molar-refractivity contribution in [2.24, 2.45) is 0 Å². The summed E-state index contributed by atoms with van der Waals surface area (Å²) in [6.07, 6.45) is 10.2. The Kier molecular flexibility index (Phi) is 9.66. The molecule has 0 aromatic rings. The largest absolute Gasteiger partial charge is 0.505 e. The molecule has 3 nitrogen and oxygen atoms in total. The third-order valence-corrected chi connectivity index (χ3v) is 9.60. The quantitative estimate of drug-likeness (QED) is 0.284. The summed E-state index contributed by atoms with van der Waals surface area (Å²) >= 11 is 0. The Hall–Kier alpha value is -0.366. The van der Waals surface area contributed by atoms with Crippen molar-refractivity contribution in [3.8, 4) is 0 Å². The van der Waals surface area contributed by atoms with Crippen molar-refractivity contribution in [1.29, 1.82) is 0 Å². The summed E-state index contributed by atoms with van der Waals surface area (Å²) in [6.45, 7) is 18.7. The minimum atomic E-state index is -1.77. The Morgan fingerprint density at radius 1 is 1.00 bits per heavy atom. The van der Waals surface area contributed by atoms with Gasteiger partial charge in [-0.25, -0.2) is 0 Å². The molecule has 0 bridgehead atoms. The van der Waals surface area contributed by atoms with Crippen LogP contribution in [0.4, 0.5) is 0 Å². The van der Waals surface area contributed by atoms with Gasteiger partial charge in [-0.1, -0.05) is 32.9 Å². The molecule has 0 saturated carbocycles. The number of hydrogen-bond acceptors (Lipinski definition) is 3. The molecule has 0 spiro atoms. The lowest BCUT2D eigenvalue weighted by Gasteiger charge is -2.38. The average Bonchev–Trinajstić information content (AvgIpc) is 2.36. The van der Waals surface area contributed by atoms with Crippen LogP contribution in [-0.2, 0) is 13.6 Å². The van der Waals surface area contributed by atoms with Gasteiger partial charge in [0.15, 0.2) is 16.6 Å². The van der Waals surface area contributed by atoms with Crippen molar-refractivity contribution in [3.05, 3.63) is 24.5 Å². The van der Waals surface area contributed by atoms with E-state index in [4.69, 9.17) is 13.6 Å². The molecule has 0 aliphatic carbocycles. The smallest absolute Gasteiger partial charge is 0.192 e. The van der Waals surface area contributed by atoms with Gasteiger partial charge in [0.25, 0.3) is 0 Å². The van der Waals surface area contributed by atoms with E-state index < -0.39 is 16.6 Å². The lowest BCUT2D eigenvalue weighted by atomic mass is 10.2. The van der Waals surface area contributed by atoms with E-state index in [1.54, 1.807) is 13.4 Å². The van der Waals surface area contributed by atoms with Gasteiger partial charge < -0.3 is 13.6 Å². The molecule has 1 atom stereocenters. The second kappa shape index (κ2) is 9.81. The van der Waals surface area contributed by atoms with Crippen LogP contribution in [0, 0.1) is 0 Å². The van der Waals surface area contributed by atoms with Gasteiger partial charge in [-0.2, -0.15) is 0 Å². The summed E-state index contributed by atoms with van der Waals surface area (Å²) < 4.78 is 17.4. The van der Waals surface area contributed by atoms with Gasteiger partial charge in [-0.05, 0) is 56.7 Å². The topological polar surface area (TPSA) is 27.7 Å². The second-order valence-electron chi connectivity index (χ2n) is 8.45. The van der Waals surface area contributed by atoms with Gasteiger partial charge in [-0.3, -0.25) is 0 Å². The first-order valence-electron chi connectivity index (χ1n) is 8.55. The highest BCUT2D eigenvalue weighted by Gasteiger charge is 2.38. The van der Waals surface area contributed by atoms with Gasteiger partial charge in [-0.15, -0.1) is 0 Å². The van der Waals surface area contributed by atoms with E-state index in [0.717, 1.165) is 12.8 Å². The maximum Gasteiger partial charge on any atom is 0.192 e. The number of methoxy groups -OCH3 is 1. The molecule has 0 saturated heterocycles. The Labute approximate surface area is 146 Å². The lowest BCUT2D eigenvalue weighted by Crippen LogP contribution is -2.43. The summed E-state index contributed by atoms with van der Waals surface area (Å²) in [5.41, 5.74) is 0. The zero-order valence-electron chi connectivity index (χ0n) is 16.7. The molecule has 0 heterocycles. The van der Waals surface area contributed by atoms with Crippen molar-refractivity contribution >= 4 is 16.6 Å². The van der Waals surface area contributed by atoms with E-state index in [9.17, 15) is 0 Å². The first kappa shape index (κ1) is 22.6. The summed E-state index contributed by atoms with van der Waals surface area (Å²) in [6, 6.07) is 0. The standard InChI is InChI=1S/C18H38O3Si2/c1-18(2,3)23(8,9)21-17(13-10-11-15-19-4)14-12-16-20-22(5,6)7/h11-12,14-15,17H,10,13,16H2,1-9H3/b14-12-,15-11+. The predicted octanol–water partition coefficient (Wildman–Crippen LogP) is 5.72. The Morgan fingerprint density at radius 3 is 2.09 bits per heavy atom. The monoisotopic (exact) mass is 358 g/mol. The van der Waals surface area contributed by atoms with Crippen molar-refractivity contribution in [1.82, 2.24) is 0 Å². The molecule has 5 heteroatoms. The molecular formula is C18H38O3Si2. The first-order chi connectivity index (χ1) is 10.4. The molecular weight excluding hydrogens is 320 g/mol. The highest BCUT2D eigenvalue weighted by atomic mass is 28.4. The van der Waals surface area contributed by atoms with E-state index in [2.05, 4.69) is 71.7 Å². The minimum absolute atomic E-state index is 0.141. The van der Waals surface area contributed by atoms with Crippen LogP contribution in [0.3, 0.4) is 0 Å². The molecule has 0 aromatic heterocycles. The second-order valence-corrected chi connectivity index (χ2v) is 17.7. The molecule has 0 rings (SSSR count). The molecule has 0 amide bonds. The van der Waals surface area contributed by atoms with Crippen LogP contribution in [0.1, 0.15) is 33.6 Å². The van der Waals surface area contributed by atoms with Crippen molar-refractivity contribution < 1.29 is 13.6 Å². The SMILES string of the molecule is CO/C=C/CCC(/C=C\CO[Si](C)(C)C)O[Si](C)(C)C(C)(C)C. The van der Waals surface area contributed by atoms with Crippen LogP contribution in [0.15, 0.2) is 24.5 Å². The summed E-state index contributed by atoms with van der Waals surface area (Å²) in [5.74, 6) is 0. The summed E-state index contributed by atoms with van der Waals surface area (Å²) in [4.78, 5) is 0. The maximum absolute atomic E-state index is 6.55. The maximum atomic E-state index is 6.55. The zero-order valence-corrected chi connectivity index (χ0v) is 18.7. The van der Waals surface area contributed by atoms with Crippen LogP contribution in [0.2, 0.25) is 37.8 Å². The van der Waals surface area contributed by atoms with Gasteiger partial charge in [0.05, 0.1) is 26.1 Å². The Morgan fingerprint density at radius 2 is 1.61 bits per heavy atom. The highest BCUT2D eigenvalue weighted by molar-refractivity contribution is 6.74. The number of hydrogen-bond donors (Lipinski definition) is 0. The fourth-order valence-corrected chi connectivity index (χ4v) is 3.58. The van der Waals surface area contributed by atoms with Gasteiger partial charge in [0, 0.05) is 0 Å². The van der Waals surface area contributed by atoms with Gasteiger partial charge in [0.1, 0.15) is 0 Å². The van der Waals surface area contributed by atoms with Crippen LogP contribution >= 0.6 is 0 Å². The van der Waals surface area contributed by atoms with E-state index >= 15 is 0 Å². The molecule has 0 aromatic carbocycles.